The molecule has 0 aliphatic carbocycles. The van der Waals surface area contributed by atoms with E-state index in [-0.39, 0.29) is 17.9 Å². The quantitative estimate of drug-likeness (QED) is 0.861. The maximum Gasteiger partial charge on any atom is 0.229 e. The third-order valence-corrected chi connectivity index (χ3v) is 4.42. The van der Waals surface area contributed by atoms with Gasteiger partial charge in [0.1, 0.15) is 5.01 Å². The van der Waals surface area contributed by atoms with E-state index in [0.717, 1.165) is 10.7 Å². The molecule has 4 nitrogen and oxygen atoms in total. The van der Waals surface area contributed by atoms with Crippen molar-refractivity contribution in [3.63, 3.8) is 0 Å². The van der Waals surface area contributed by atoms with E-state index in [1.165, 1.54) is 11.3 Å². The zero-order valence-corrected chi connectivity index (χ0v) is 11.9. The van der Waals surface area contributed by atoms with Gasteiger partial charge in [0.2, 0.25) is 5.91 Å². The summed E-state index contributed by atoms with van der Waals surface area (Å²) in [7, 11) is 0. The minimum atomic E-state index is -0.281. The molecule has 1 amide bonds. The van der Waals surface area contributed by atoms with E-state index in [4.69, 9.17) is 11.6 Å². The minimum absolute atomic E-state index is 0.0872. The minimum Gasteiger partial charge on any atom is -0.393 e. The van der Waals surface area contributed by atoms with Crippen molar-refractivity contribution in [1.29, 1.82) is 0 Å². The number of aliphatic hydroxyl groups is 1. The number of thiazole rings is 1. The Bertz CT molecular complexity index is 424. The summed E-state index contributed by atoms with van der Waals surface area (Å²) in [5.74, 6) is 0.624. The Balaban J connectivity index is 1.91. The van der Waals surface area contributed by atoms with Gasteiger partial charge in [-0.2, -0.15) is 0 Å². The van der Waals surface area contributed by atoms with E-state index in [1.54, 1.807) is 0 Å². The number of aliphatic hydroxyl groups excluding tert-OH is 1. The van der Waals surface area contributed by atoms with Crippen LogP contribution in [0.2, 0.25) is 0 Å². The smallest absolute Gasteiger partial charge is 0.229 e. The molecule has 0 saturated carbocycles. The topological polar surface area (TPSA) is 53.4 Å². The Labute approximate surface area is 116 Å². The number of halogens is 1. The summed E-state index contributed by atoms with van der Waals surface area (Å²) in [6, 6.07) is 0. The fraction of sp³-hybridized carbons (Fsp3) is 0.667. The van der Waals surface area contributed by atoms with Gasteiger partial charge in [0.25, 0.3) is 0 Å². The van der Waals surface area contributed by atoms with Crippen molar-refractivity contribution in [2.45, 2.75) is 31.7 Å². The molecule has 18 heavy (non-hydrogen) atoms. The molecular formula is C12H17ClN2O2S. The number of likely N-dealkylation sites (tertiary alicyclic amines) is 1. The Kier molecular flexibility index (Phi) is 4.59. The van der Waals surface area contributed by atoms with Crippen LogP contribution in [-0.4, -0.2) is 40.1 Å². The van der Waals surface area contributed by atoms with Gasteiger partial charge in [-0.3, -0.25) is 4.79 Å². The third-order valence-electron chi connectivity index (χ3n) is 3.25. The zero-order chi connectivity index (χ0) is 13.1. The molecule has 0 spiro atoms. The lowest BCUT2D eigenvalue weighted by molar-refractivity contribution is -0.133. The van der Waals surface area contributed by atoms with Crippen LogP contribution >= 0.6 is 22.9 Å². The monoisotopic (exact) mass is 288 g/mol. The van der Waals surface area contributed by atoms with Crippen molar-refractivity contribution < 1.29 is 9.90 Å². The second-order valence-corrected chi connectivity index (χ2v) is 5.93. The maximum atomic E-state index is 12.1. The van der Waals surface area contributed by atoms with Crippen LogP contribution in [0.4, 0.5) is 0 Å². The highest BCUT2D eigenvalue weighted by Gasteiger charge is 2.27. The molecule has 1 aromatic heterocycles. The molecule has 0 bridgehead atoms. The number of aromatic nitrogens is 1. The number of rotatable bonds is 3. The van der Waals surface area contributed by atoms with Crippen molar-refractivity contribution in [2.75, 3.05) is 13.1 Å². The molecule has 1 aliphatic heterocycles. The summed E-state index contributed by atoms with van der Waals surface area (Å²) in [5, 5.41) is 12.3. The molecule has 2 heterocycles. The van der Waals surface area contributed by atoms with Gasteiger partial charge < -0.3 is 10.0 Å². The predicted octanol–water partition coefficient (Wildman–Crippen LogP) is 1.65. The molecule has 1 N–H and O–H groups in total. The van der Waals surface area contributed by atoms with Gasteiger partial charge >= 0.3 is 0 Å². The molecule has 2 unspecified atom stereocenters. The van der Waals surface area contributed by atoms with Gasteiger partial charge in [0.05, 0.1) is 24.1 Å². The lowest BCUT2D eigenvalue weighted by Gasteiger charge is -2.34. The van der Waals surface area contributed by atoms with Crippen LogP contribution in [0.3, 0.4) is 0 Å². The molecule has 0 aromatic carbocycles. The highest BCUT2D eigenvalue weighted by molar-refractivity contribution is 7.09. The van der Waals surface area contributed by atoms with Gasteiger partial charge in [0, 0.05) is 18.5 Å². The van der Waals surface area contributed by atoms with E-state index >= 15 is 0 Å². The Morgan fingerprint density at radius 2 is 2.50 bits per heavy atom. The molecular weight excluding hydrogens is 272 g/mol. The average Bonchev–Trinajstić information content (AvgIpc) is 2.80. The molecule has 0 radical (unpaired) electrons. The summed E-state index contributed by atoms with van der Waals surface area (Å²) in [6.45, 7) is 3.24. The standard InChI is InChI=1S/C12H17ClN2O2S/c1-8-6-15(3-2-10(8)16)12(17)4-11-14-9(5-13)7-18-11/h7-8,10,16H,2-6H2,1H3. The van der Waals surface area contributed by atoms with Gasteiger partial charge in [-0.05, 0) is 12.3 Å². The van der Waals surface area contributed by atoms with Crippen molar-refractivity contribution in [3.8, 4) is 0 Å². The Morgan fingerprint density at radius 1 is 1.72 bits per heavy atom. The number of piperidine rings is 1. The summed E-state index contributed by atoms with van der Waals surface area (Å²) in [6.07, 6.45) is 0.721. The van der Waals surface area contributed by atoms with Gasteiger partial charge in [-0.15, -0.1) is 22.9 Å². The number of alkyl halides is 1. The molecule has 1 aliphatic rings. The first kappa shape index (κ1) is 13.8. The maximum absolute atomic E-state index is 12.1. The second kappa shape index (κ2) is 5.99. The summed E-state index contributed by atoms with van der Waals surface area (Å²) >= 11 is 7.16. The van der Waals surface area contributed by atoms with Crippen LogP contribution in [-0.2, 0) is 17.1 Å². The first-order chi connectivity index (χ1) is 8.60. The summed E-state index contributed by atoms with van der Waals surface area (Å²) in [5.41, 5.74) is 0.826. The fourth-order valence-corrected chi connectivity index (χ4v) is 3.11. The lowest BCUT2D eigenvalue weighted by atomic mass is 9.96. The lowest BCUT2D eigenvalue weighted by Crippen LogP contribution is -2.45. The molecule has 2 atom stereocenters. The van der Waals surface area contributed by atoms with E-state index in [9.17, 15) is 9.90 Å². The van der Waals surface area contributed by atoms with Crippen LogP contribution < -0.4 is 0 Å². The van der Waals surface area contributed by atoms with E-state index in [0.29, 0.717) is 31.8 Å². The van der Waals surface area contributed by atoms with Crippen LogP contribution in [0.15, 0.2) is 5.38 Å². The van der Waals surface area contributed by atoms with Crippen molar-refractivity contribution >= 4 is 28.8 Å². The van der Waals surface area contributed by atoms with Crippen LogP contribution in [0.5, 0.6) is 0 Å². The van der Waals surface area contributed by atoms with Gasteiger partial charge in [0.15, 0.2) is 0 Å². The second-order valence-electron chi connectivity index (χ2n) is 4.72. The highest BCUT2D eigenvalue weighted by atomic mass is 35.5. The number of hydrogen-bond donors (Lipinski definition) is 1. The Morgan fingerprint density at radius 3 is 3.11 bits per heavy atom. The summed E-state index contributed by atoms with van der Waals surface area (Å²) < 4.78 is 0. The Hall–Kier alpha value is -0.650. The predicted molar refractivity (Wildman–Crippen MR) is 71.7 cm³/mol. The number of hydrogen-bond acceptors (Lipinski definition) is 4. The SMILES string of the molecule is CC1CN(C(=O)Cc2nc(CCl)cs2)CCC1O. The largest absolute Gasteiger partial charge is 0.393 e. The molecule has 2 rings (SSSR count). The van der Waals surface area contributed by atoms with Crippen molar-refractivity contribution in [2.24, 2.45) is 5.92 Å². The van der Waals surface area contributed by atoms with Crippen LogP contribution in [0.1, 0.15) is 24.0 Å². The van der Waals surface area contributed by atoms with Gasteiger partial charge in [-0.1, -0.05) is 6.92 Å². The molecule has 100 valence electrons. The zero-order valence-electron chi connectivity index (χ0n) is 10.3. The molecule has 1 saturated heterocycles. The van der Waals surface area contributed by atoms with E-state index in [1.807, 2.05) is 17.2 Å². The fourth-order valence-electron chi connectivity index (χ4n) is 2.09. The first-order valence-electron chi connectivity index (χ1n) is 6.05. The first-order valence-corrected chi connectivity index (χ1v) is 7.46. The van der Waals surface area contributed by atoms with E-state index < -0.39 is 0 Å². The highest BCUT2D eigenvalue weighted by Crippen LogP contribution is 2.18. The van der Waals surface area contributed by atoms with Gasteiger partial charge in [-0.25, -0.2) is 4.98 Å². The third kappa shape index (κ3) is 3.22. The van der Waals surface area contributed by atoms with Crippen molar-refractivity contribution in [1.82, 2.24) is 9.88 Å². The average molecular weight is 289 g/mol. The number of amides is 1. The molecule has 6 heteroatoms. The molecule has 1 aromatic rings. The number of carbonyl (C=O) groups is 1. The molecule has 1 fully saturated rings. The normalized spacial score (nSPS) is 24.3. The van der Waals surface area contributed by atoms with Crippen molar-refractivity contribution in [3.05, 3.63) is 16.1 Å². The van der Waals surface area contributed by atoms with Crippen LogP contribution in [0, 0.1) is 5.92 Å². The number of nitrogens with zero attached hydrogens (tertiary/aromatic N) is 2. The van der Waals surface area contributed by atoms with E-state index in [2.05, 4.69) is 4.98 Å². The number of carbonyl (C=O) groups excluding carboxylic acids is 1. The summed E-state index contributed by atoms with van der Waals surface area (Å²) in [4.78, 5) is 18.2. The van der Waals surface area contributed by atoms with Crippen LogP contribution in [0.25, 0.3) is 0 Å².